The van der Waals surface area contributed by atoms with Gasteiger partial charge in [0, 0.05) is 11.0 Å². The molecule has 1 atom stereocenters. The summed E-state index contributed by atoms with van der Waals surface area (Å²) < 4.78 is 11.5. The van der Waals surface area contributed by atoms with E-state index in [-0.39, 0.29) is 12.0 Å². The summed E-state index contributed by atoms with van der Waals surface area (Å²) in [6.07, 6.45) is 1.92. The maximum atomic E-state index is 11.6. The maximum Gasteiger partial charge on any atom is 0.323 e. The van der Waals surface area contributed by atoms with Crippen molar-refractivity contribution in [3.8, 4) is 5.75 Å². The van der Waals surface area contributed by atoms with Crippen LogP contribution in [0.3, 0.4) is 0 Å². The zero-order valence-corrected chi connectivity index (χ0v) is 12.6. The van der Waals surface area contributed by atoms with Crippen molar-refractivity contribution in [2.45, 2.75) is 18.9 Å². The Hall–Kier alpha value is -1.07. The van der Waals surface area contributed by atoms with Gasteiger partial charge in [-0.1, -0.05) is 15.9 Å². The molecule has 0 N–H and O–H groups in total. The van der Waals surface area contributed by atoms with Crippen molar-refractivity contribution in [2.24, 2.45) is 0 Å². The van der Waals surface area contributed by atoms with Crippen molar-refractivity contribution in [3.05, 3.63) is 28.7 Å². The highest BCUT2D eigenvalue weighted by molar-refractivity contribution is 9.10. The smallest absolute Gasteiger partial charge is 0.323 e. The topological polar surface area (TPSA) is 38.8 Å². The largest absolute Gasteiger partial charge is 0.492 e. The predicted octanol–water partition coefficient (Wildman–Crippen LogP) is 2.47. The van der Waals surface area contributed by atoms with Crippen molar-refractivity contribution >= 4 is 21.9 Å². The molecule has 0 amide bonds. The Labute approximate surface area is 121 Å². The lowest BCUT2D eigenvalue weighted by Gasteiger charge is -2.22. The second kappa shape index (κ2) is 6.91. The van der Waals surface area contributed by atoms with E-state index in [2.05, 4.69) is 20.8 Å². The Kier molecular flexibility index (Phi) is 5.22. The van der Waals surface area contributed by atoms with Gasteiger partial charge in [-0.05, 0) is 43.7 Å². The number of hydrogen-bond donors (Lipinski definition) is 0. The lowest BCUT2D eigenvalue weighted by Crippen LogP contribution is -2.39. The number of methoxy groups -OCH3 is 1. The molecule has 0 radical (unpaired) electrons. The quantitative estimate of drug-likeness (QED) is 0.779. The molecule has 5 heteroatoms. The van der Waals surface area contributed by atoms with Crippen LogP contribution in [0.2, 0.25) is 0 Å². The van der Waals surface area contributed by atoms with Crippen LogP contribution in [0.1, 0.15) is 12.8 Å². The van der Waals surface area contributed by atoms with Crippen LogP contribution in [0.5, 0.6) is 5.75 Å². The first-order chi connectivity index (χ1) is 9.20. The highest BCUT2D eigenvalue weighted by atomic mass is 79.9. The summed E-state index contributed by atoms with van der Waals surface area (Å²) >= 11 is 3.38. The molecule has 1 unspecified atom stereocenters. The van der Waals surface area contributed by atoms with E-state index in [1.807, 2.05) is 24.3 Å². The average Bonchev–Trinajstić information content (AvgIpc) is 2.88. The monoisotopic (exact) mass is 327 g/mol. The molecule has 0 spiro atoms. The minimum absolute atomic E-state index is 0.0986. The molecule has 19 heavy (non-hydrogen) atoms. The number of likely N-dealkylation sites (tertiary alicyclic amines) is 1. The Bertz CT molecular complexity index is 421. The van der Waals surface area contributed by atoms with Gasteiger partial charge in [0.15, 0.2) is 0 Å². The number of rotatable bonds is 5. The van der Waals surface area contributed by atoms with Gasteiger partial charge in [-0.3, -0.25) is 9.69 Å². The summed E-state index contributed by atoms with van der Waals surface area (Å²) in [5, 5.41) is 0. The molecule has 1 aliphatic rings. The standard InChI is InChI=1S/C14H18BrNO3/c1-18-14(17)13-3-2-8-16(13)9-10-19-12-6-4-11(15)5-7-12/h4-7,13H,2-3,8-10H2,1H3. The highest BCUT2D eigenvalue weighted by Crippen LogP contribution is 2.19. The molecule has 2 rings (SSSR count). The van der Waals surface area contributed by atoms with Crippen LogP contribution in [0.25, 0.3) is 0 Å². The molecule has 1 saturated heterocycles. The summed E-state index contributed by atoms with van der Waals surface area (Å²) in [6.45, 7) is 2.26. The molecular formula is C14H18BrNO3. The lowest BCUT2D eigenvalue weighted by atomic mass is 10.2. The number of carbonyl (C=O) groups excluding carboxylic acids is 1. The van der Waals surface area contributed by atoms with E-state index in [4.69, 9.17) is 9.47 Å². The molecule has 1 heterocycles. The van der Waals surface area contributed by atoms with Gasteiger partial charge in [0.05, 0.1) is 7.11 Å². The van der Waals surface area contributed by atoms with Gasteiger partial charge >= 0.3 is 5.97 Å². The zero-order chi connectivity index (χ0) is 13.7. The third kappa shape index (κ3) is 3.94. The molecule has 1 aromatic carbocycles. The van der Waals surface area contributed by atoms with Gasteiger partial charge in [0.1, 0.15) is 18.4 Å². The maximum absolute atomic E-state index is 11.6. The Balaban J connectivity index is 1.78. The van der Waals surface area contributed by atoms with Crippen LogP contribution in [-0.4, -0.2) is 43.7 Å². The normalized spacial score (nSPS) is 19.4. The Morgan fingerprint density at radius 3 is 2.84 bits per heavy atom. The van der Waals surface area contributed by atoms with Gasteiger partial charge < -0.3 is 9.47 Å². The van der Waals surface area contributed by atoms with Crippen LogP contribution in [0, 0.1) is 0 Å². The third-order valence-corrected chi connectivity index (χ3v) is 3.83. The molecule has 0 bridgehead atoms. The number of ether oxygens (including phenoxy) is 2. The van der Waals surface area contributed by atoms with Crippen LogP contribution >= 0.6 is 15.9 Å². The molecule has 4 nitrogen and oxygen atoms in total. The number of halogens is 1. The van der Waals surface area contributed by atoms with Crippen molar-refractivity contribution in [3.63, 3.8) is 0 Å². The molecule has 0 aromatic heterocycles. The number of hydrogen-bond acceptors (Lipinski definition) is 4. The van der Waals surface area contributed by atoms with Crippen molar-refractivity contribution in [1.82, 2.24) is 4.90 Å². The summed E-state index contributed by atoms with van der Waals surface area (Å²) in [5.74, 6) is 0.707. The average molecular weight is 328 g/mol. The molecule has 1 fully saturated rings. The van der Waals surface area contributed by atoms with Crippen LogP contribution in [-0.2, 0) is 9.53 Å². The predicted molar refractivity (Wildman–Crippen MR) is 76.2 cm³/mol. The van der Waals surface area contributed by atoms with E-state index in [0.29, 0.717) is 6.61 Å². The molecule has 1 aromatic rings. The SMILES string of the molecule is COC(=O)C1CCCN1CCOc1ccc(Br)cc1. The third-order valence-electron chi connectivity index (χ3n) is 3.30. The molecule has 1 aliphatic heterocycles. The highest BCUT2D eigenvalue weighted by Gasteiger charge is 2.30. The van der Waals surface area contributed by atoms with Crippen molar-refractivity contribution < 1.29 is 14.3 Å². The first-order valence-electron chi connectivity index (χ1n) is 6.41. The van der Waals surface area contributed by atoms with Crippen LogP contribution in [0.4, 0.5) is 0 Å². The minimum atomic E-state index is -0.138. The van der Waals surface area contributed by atoms with E-state index in [9.17, 15) is 4.79 Å². The van der Waals surface area contributed by atoms with Crippen molar-refractivity contribution in [2.75, 3.05) is 26.8 Å². The number of benzene rings is 1. The van der Waals surface area contributed by atoms with E-state index < -0.39 is 0 Å². The van der Waals surface area contributed by atoms with Gasteiger partial charge in [0.25, 0.3) is 0 Å². The Morgan fingerprint density at radius 1 is 1.42 bits per heavy atom. The lowest BCUT2D eigenvalue weighted by molar-refractivity contribution is -0.145. The molecular weight excluding hydrogens is 310 g/mol. The summed E-state index contributed by atoms with van der Waals surface area (Å²) in [5.41, 5.74) is 0. The summed E-state index contributed by atoms with van der Waals surface area (Å²) in [6, 6.07) is 7.64. The zero-order valence-electron chi connectivity index (χ0n) is 11.0. The fraction of sp³-hybridized carbons (Fsp3) is 0.500. The fourth-order valence-corrected chi connectivity index (χ4v) is 2.57. The number of carbonyl (C=O) groups is 1. The second-order valence-electron chi connectivity index (χ2n) is 4.52. The number of nitrogens with zero attached hydrogens (tertiary/aromatic N) is 1. The van der Waals surface area contributed by atoms with Gasteiger partial charge in [-0.15, -0.1) is 0 Å². The molecule has 104 valence electrons. The Morgan fingerprint density at radius 2 is 2.16 bits per heavy atom. The van der Waals surface area contributed by atoms with E-state index in [0.717, 1.165) is 36.2 Å². The van der Waals surface area contributed by atoms with E-state index in [1.165, 1.54) is 7.11 Å². The first kappa shape index (κ1) is 14.3. The molecule has 0 aliphatic carbocycles. The molecule has 0 saturated carbocycles. The minimum Gasteiger partial charge on any atom is -0.492 e. The van der Waals surface area contributed by atoms with Crippen LogP contribution < -0.4 is 4.74 Å². The number of esters is 1. The first-order valence-corrected chi connectivity index (χ1v) is 7.20. The van der Waals surface area contributed by atoms with Gasteiger partial charge in [-0.2, -0.15) is 0 Å². The van der Waals surface area contributed by atoms with Crippen LogP contribution in [0.15, 0.2) is 28.7 Å². The summed E-state index contributed by atoms with van der Waals surface area (Å²) in [4.78, 5) is 13.7. The van der Waals surface area contributed by atoms with Gasteiger partial charge in [-0.25, -0.2) is 0 Å². The fourth-order valence-electron chi connectivity index (χ4n) is 2.31. The van der Waals surface area contributed by atoms with E-state index in [1.54, 1.807) is 0 Å². The van der Waals surface area contributed by atoms with Gasteiger partial charge in [0.2, 0.25) is 0 Å². The van der Waals surface area contributed by atoms with Crippen molar-refractivity contribution in [1.29, 1.82) is 0 Å². The second-order valence-corrected chi connectivity index (χ2v) is 5.44. The van der Waals surface area contributed by atoms with E-state index >= 15 is 0 Å². The summed E-state index contributed by atoms with van der Waals surface area (Å²) in [7, 11) is 1.44.